The molecule has 2 heterocycles. The van der Waals surface area contributed by atoms with Gasteiger partial charge in [-0.3, -0.25) is 5.10 Å². The molecule has 0 radical (unpaired) electrons. The van der Waals surface area contributed by atoms with Gasteiger partial charge in [-0.15, -0.1) is 0 Å². The van der Waals surface area contributed by atoms with Crippen LogP contribution in [0.1, 0.15) is 5.56 Å². The molecule has 1 aliphatic rings. The average molecular weight is 231 g/mol. The van der Waals surface area contributed by atoms with Gasteiger partial charge in [-0.05, 0) is 36.7 Å². The van der Waals surface area contributed by atoms with E-state index in [1.54, 1.807) is 0 Å². The number of ether oxygens (including phenoxy) is 2. The Morgan fingerprint density at radius 2 is 2.18 bits per heavy atom. The first-order valence-electron chi connectivity index (χ1n) is 5.51. The zero-order valence-corrected chi connectivity index (χ0v) is 9.27. The fourth-order valence-electron chi connectivity index (χ4n) is 1.96. The van der Waals surface area contributed by atoms with E-state index in [-0.39, 0.29) is 6.79 Å². The summed E-state index contributed by atoms with van der Waals surface area (Å²) in [5, 5.41) is 7.05. The summed E-state index contributed by atoms with van der Waals surface area (Å²) in [6, 6.07) is 5.85. The van der Waals surface area contributed by atoms with Crippen molar-refractivity contribution < 1.29 is 9.47 Å². The number of hydrogen-bond donors (Lipinski definition) is 2. The summed E-state index contributed by atoms with van der Waals surface area (Å²) in [5.41, 5.74) is 8.72. The van der Waals surface area contributed by atoms with Crippen LogP contribution in [0.15, 0.2) is 24.4 Å². The van der Waals surface area contributed by atoms with Gasteiger partial charge >= 0.3 is 0 Å². The molecule has 2 aromatic rings. The van der Waals surface area contributed by atoms with Gasteiger partial charge < -0.3 is 15.2 Å². The summed E-state index contributed by atoms with van der Waals surface area (Å²) in [5.74, 6) is 1.56. The Hall–Kier alpha value is -2.01. The quantitative estimate of drug-likeness (QED) is 0.835. The highest BCUT2D eigenvalue weighted by Crippen LogP contribution is 2.36. The molecule has 3 N–H and O–H groups in total. The van der Waals surface area contributed by atoms with Gasteiger partial charge in [0.25, 0.3) is 0 Å². The van der Waals surface area contributed by atoms with Crippen molar-refractivity contribution in [3.8, 4) is 22.8 Å². The Labute approximate surface area is 98.5 Å². The minimum atomic E-state index is 0.289. The van der Waals surface area contributed by atoms with Crippen LogP contribution < -0.4 is 15.2 Å². The molecule has 0 unspecified atom stereocenters. The molecule has 88 valence electrons. The monoisotopic (exact) mass is 231 g/mol. The second kappa shape index (κ2) is 4.10. The van der Waals surface area contributed by atoms with Gasteiger partial charge in [0, 0.05) is 5.56 Å². The third-order valence-corrected chi connectivity index (χ3v) is 2.79. The lowest BCUT2D eigenvalue weighted by atomic mass is 10.1. The van der Waals surface area contributed by atoms with Crippen molar-refractivity contribution in [2.45, 2.75) is 6.42 Å². The minimum absolute atomic E-state index is 0.289. The van der Waals surface area contributed by atoms with E-state index < -0.39 is 0 Å². The van der Waals surface area contributed by atoms with Crippen molar-refractivity contribution in [2.75, 3.05) is 13.3 Å². The number of rotatable bonds is 3. The van der Waals surface area contributed by atoms with E-state index in [9.17, 15) is 0 Å². The number of nitrogens with one attached hydrogen (secondary N) is 1. The maximum Gasteiger partial charge on any atom is 0.231 e. The van der Waals surface area contributed by atoms with E-state index in [4.69, 9.17) is 15.2 Å². The lowest BCUT2D eigenvalue weighted by Gasteiger charge is -2.03. The second-order valence-electron chi connectivity index (χ2n) is 3.88. The SMILES string of the molecule is NCCc1cn[nH]c1-c1ccc2c(c1)OCO2. The third kappa shape index (κ3) is 1.74. The van der Waals surface area contributed by atoms with Crippen LogP contribution in [0.3, 0.4) is 0 Å². The Morgan fingerprint density at radius 1 is 1.29 bits per heavy atom. The average Bonchev–Trinajstić information content (AvgIpc) is 2.96. The van der Waals surface area contributed by atoms with E-state index in [1.165, 1.54) is 0 Å². The molecular weight excluding hydrogens is 218 g/mol. The van der Waals surface area contributed by atoms with Gasteiger partial charge in [0.2, 0.25) is 6.79 Å². The standard InChI is InChI=1S/C12H13N3O2/c13-4-3-9-6-14-15-12(9)8-1-2-10-11(5-8)17-7-16-10/h1-2,5-6H,3-4,7,13H2,(H,14,15). The number of fused-ring (bicyclic) bond motifs is 1. The van der Waals surface area contributed by atoms with Crippen LogP contribution in [0.25, 0.3) is 11.3 Å². The fourth-order valence-corrected chi connectivity index (χ4v) is 1.96. The largest absolute Gasteiger partial charge is 0.454 e. The molecule has 1 aromatic carbocycles. The zero-order chi connectivity index (χ0) is 11.7. The molecule has 0 aliphatic carbocycles. The van der Waals surface area contributed by atoms with Crippen molar-refractivity contribution >= 4 is 0 Å². The Bertz CT molecular complexity index is 536. The number of aromatic amines is 1. The highest BCUT2D eigenvalue weighted by Gasteiger charge is 2.15. The molecule has 17 heavy (non-hydrogen) atoms. The molecule has 0 fully saturated rings. The number of nitrogens with zero attached hydrogens (tertiary/aromatic N) is 1. The number of benzene rings is 1. The number of H-pyrrole nitrogens is 1. The van der Waals surface area contributed by atoms with Crippen molar-refractivity contribution in [1.82, 2.24) is 10.2 Å². The van der Waals surface area contributed by atoms with E-state index in [0.29, 0.717) is 6.54 Å². The summed E-state index contributed by atoms with van der Waals surface area (Å²) < 4.78 is 10.6. The first kappa shape index (κ1) is 10.2. The van der Waals surface area contributed by atoms with Gasteiger partial charge in [0.15, 0.2) is 11.5 Å². The molecule has 5 nitrogen and oxygen atoms in total. The first-order valence-corrected chi connectivity index (χ1v) is 5.51. The van der Waals surface area contributed by atoms with Crippen LogP contribution in [0.5, 0.6) is 11.5 Å². The van der Waals surface area contributed by atoms with Crippen LogP contribution in [0.4, 0.5) is 0 Å². The smallest absolute Gasteiger partial charge is 0.231 e. The Kier molecular flexibility index (Phi) is 2.45. The zero-order valence-electron chi connectivity index (χ0n) is 9.27. The maximum atomic E-state index is 5.57. The minimum Gasteiger partial charge on any atom is -0.454 e. The summed E-state index contributed by atoms with van der Waals surface area (Å²) >= 11 is 0. The van der Waals surface area contributed by atoms with E-state index >= 15 is 0 Å². The molecule has 1 aliphatic heterocycles. The molecule has 0 spiro atoms. The molecule has 0 atom stereocenters. The molecular formula is C12H13N3O2. The molecule has 5 heteroatoms. The Morgan fingerprint density at radius 3 is 3.06 bits per heavy atom. The van der Waals surface area contributed by atoms with Gasteiger partial charge in [0.1, 0.15) is 0 Å². The fraction of sp³-hybridized carbons (Fsp3) is 0.250. The predicted octanol–water partition coefficient (Wildman–Crippen LogP) is 1.31. The lowest BCUT2D eigenvalue weighted by Crippen LogP contribution is -2.02. The maximum absolute atomic E-state index is 5.57. The van der Waals surface area contributed by atoms with E-state index in [2.05, 4.69) is 10.2 Å². The first-order chi connectivity index (χ1) is 8.38. The third-order valence-electron chi connectivity index (χ3n) is 2.79. The van der Waals surface area contributed by atoms with Gasteiger partial charge in [0.05, 0.1) is 11.9 Å². The van der Waals surface area contributed by atoms with E-state index in [1.807, 2.05) is 24.4 Å². The summed E-state index contributed by atoms with van der Waals surface area (Å²) in [4.78, 5) is 0. The summed E-state index contributed by atoms with van der Waals surface area (Å²) in [6.07, 6.45) is 2.62. The van der Waals surface area contributed by atoms with E-state index in [0.717, 1.165) is 34.7 Å². The van der Waals surface area contributed by atoms with Crippen molar-refractivity contribution in [2.24, 2.45) is 5.73 Å². The highest BCUT2D eigenvalue weighted by atomic mass is 16.7. The molecule has 0 amide bonds. The van der Waals surface area contributed by atoms with Crippen molar-refractivity contribution in [1.29, 1.82) is 0 Å². The molecule has 1 aromatic heterocycles. The highest BCUT2D eigenvalue weighted by molar-refractivity contribution is 5.66. The lowest BCUT2D eigenvalue weighted by molar-refractivity contribution is 0.174. The Balaban J connectivity index is 2.00. The van der Waals surface area contributed by atoms with Gasteiger partial charge in [-0.25, -0.2) is 0 Å². The topological polar surface area (TPSA) is 73.2 Å². The molecule has 0 saturated carbocycles. The molecule has 0 saturated heterocycles. The molecule has 0 bridgehead atoms. The number of hydrogen-bond acceptors (Lipinski definition) is 4. The summed E-state index contributed by atoms with van der Waals surface area (Å²) in [6.45, 7) is 0.897. The normalized spacial score (nSPS) is 13.0. The second-order valence-corrected chi connectivity index (χ2v) is 3.88. The number of nitrogens with two attached hydrogens (primary N) is 1. The van der Waals surface area contributed by atoms with Gasteiger partial charge in [-0.2, -0.15) is 5.10 Å². The molecule has 3 rings (SSSR count). The van der Waals surface area contributed by atoms with Gasteiger partial charge in [-0.1, -0.05) is 0 Å². The van der Waals surface area contributed by atoms with Crippen LogP contribution in [-0.2, 0) is 6.42 Å². The van der Waals surface area contributed by atoms with Crippen LogP contribution in [0.2, 0.25) is 0 Å². The summed E-state index contributed by atoms with van der Waals surface area (Å²) in [7, 11) is 0. The predicted molar refractivity (Wildman–Crippen MR) is 62.9 cm³/mol. The number of aromatic nitrogens is 2. The van der Waals surface area contributed by atoms with Crippen LogP contribution in [0, 0.1) is 0 Å². The van der Waals surface area contributed by atoms with Crippen molar-refractivity contribution in [3.63, 3.8) is 0 Å². The van der Waals surface area contributed by atoms with Crippen molar-refractivity contribution in [3.05, 3.63) is 30.0 Å². The van der Waals surface area contributed by atoms with Crippen LogP contribution in [-0.4, -0.2) is 23.5 Å². The van der Waals surface area contributed by atoms with Crippen LogP contribution >= 0.6 is 0 Å².